The molecule has 0 aliphatic heterocycles. The van der Waals surface area contributed by atoms with E-state index >= 15 is 0 Å². The lowest BCUT2D eigenvalue weighted by Gasteiger charge is -2.14. The fourth-order valence-electron chi connectivity index (χ4n) is 2.58. The van der Waals surface area contributed by atoms with Gasteiger partial charge in [-0.15, -0.1) is 0 Å². The SMILES string of the molecule is Cc1cc(C(=O)C2CCCC2C)c(F)cc1F. The largest absolute Gasteiger partial charge is 0.294 e. The Labute approximate surface area is 99.8 Å². The summed E-state index contributed by atoms with van der Waals surface area (Å²) in [5.74, 6) is -1.31. The van der Waals surface area contributed by atoms with E-state index in [4.69, 9.17) is 0 Å². The molecule has 1 nitrogen and oxygen atoms in total. The minimum atomic E-state index is -0.739. The van der Waals surface area contributed by atoms with Gasteiger partial charge in [0.25, 0.3) is 0 Å². The van der Waals surface area contributed by atoms with E-state index in [-0.39, 0.29) is 17.3 Å². The molecule has 0 amide bonds. The van der Waals surface area contributed by atoms with E-state index in [9.17, 15) is 13.6 Å². The maximum Gasteiger partial charge on any atom is 0.169 e. The monoisotopic (exact) mass is 238 g/mol. The van der Waals surface area contributed by atoms with Crippen LogP contribution < -0.4 is 0 Å². The molecule has 1 saturated carbocycles. The van der Waals surface area contributed by atoms with Crippen molar-refractivity contribution >= 4 is 5.78 Å². The van der Waals surface area contributed by atoms with Crippen LogP contribution in [0.4, 0.5) is 8.78 Å². The summed E-state index contributed by atoms with van der Waals surface area (Å²) in [5, 5.41) is 0. The zero-order valence-corrected chi connectivity index (χ0v) is 10.1. The third kappa shape index (κ3) is 2.24. The van der Waals surface area contributed by atoms with Crippen molar-refractivity contribution in [3.63, 3.8) is 0 Å². The van der Waals surface area contributed by atoms with Crippen LogP contribution in [0, 0.1) is 30.4 Å². The van der Waals surface area contributed by atoms with Crippen LogP contribution in [0.3, 0.4) is 0 Å². The van der Waals surface area contributed by atoms with Gasteiger partial charge in [-0.2, -0.15) is 0 Å². The molecule has 1 aromatic carbocycles. The zero-order valence-electron chi connectivity index (χ0n) is 10.1. The second-order valence-electron chi connectivity index (χ2n) is 4.96. The van der Waals surface area contributed by atoms with Crippen LogP contribution in [0.2, 0.25) is 0 Å². The summed E-state index contributed by atoms with van der Waals surface area (Å²) in [5.41, 5.74) is 0.364. The lowest BCUT2D eigenvalue weighted by Crippen LogP contribution is -2.18. The van der Waals surface area contributed by atoms with E-state index in [2.05, 4.69) is 0 Å². The van der Waals surface area contributed by atoms with Crippen molar-refractivity contribution < 1.29 is 13.6 Å². The highest BCUT2D eigenvalue weighted by Crippen LogP contribution is 2.34. The van der Waals surface area contributed by atoms with Gasteiger partial charge in [-0.25, -0.2) is 8.78 Å². The van der Waals surface area contributed by atoms with Gasteiger partial charge in [0.1, 0.15) is 11.6 Å². The highest BCUT2D eigenvalue weighted by atomic mass is 19.1. The molecule has 1 fully saturated rings. The molecule has 0 radical (unpaired) electrons. The minimum absolute atomic E-state index is 0.0441. The molecule has 0 N–H and O–H groups in total. The number of halogens is 2. The summed E-state index contributed by atoms with van der Waals surface area (Å²) in [7, 11) is 0. The van der Waals surface area contributed by atoms with E-state index in [0.717, 1.165) is 25.3 Å². The molecule has 2 rings (SSSR count). The summed E-state index contributed by atoms with van der Waals surface area (Å²) < 4.78 is 26.7. The van der Waals surface area contributed by atoms with Gasteiger partial charge in [-0.3, -0.25) is 4.79 Å². The molecule has 0 heterocycles. The fourth-order valence-corrected chi connectivity index (χ4v) is 2.58. The number of carbonyl (C=O) groups excluding carboxylic acids is 1. The Morgan fingerprint density at radius 1 is 1.24 bits per heavy atom. The first-order valence-electron chi connectivity index (χ1n) is 6.00. The predicted molar refractivity (Wildman–Crippen MR) is 61.9 cm³/mol. The molecule has 0 spiro atoms. The number of hydrogen-bond donors (Lipinski definition) is 0. The van der Waals surface area contributed by atoms with Gasteiger partial charge in [-0.05, 0) is 37.3 Å². The summed E-state index contributed by atoms with van der Waals surface area (Å²) in [4.78, 5) is 12.2. The van der Waals surface area contributed by atoms with Crippen molar-refractivity contribution in [1.29, 1.82) is 0 Å². The predicted octanol–water partition coefficient (Wildman–Crippen LogP) is 3.89. The Morgan fingerprint density at radius 3 is 2.53 bits per heavy atom. The van der Waals surface area contributed by atoms with E-state index in [1.807, 2.05) is 6.92 Å². The summed E-state index contributed by atoms with van der Waals surface area (Å²) in [6.07, 6.45) is 2.84. The standard InChI is InChI=1S/C14H16F2O/c1-8-4-3-5-10(8)14(17)11-6-9(2)12(15)7-13(11)16/h6-8,10H,3-5H2,1-2H3. The minimum Gasteiger partial charge on any atom is -0.294 e. The number of hydrogen-bond acceptors (Lipinski definition) is 1. The summed E-state index contributed by atoms with van der Waals surface area (Å²) >= 11 is 0. The highest BCUT2D eigenvalue weighted by molar-refractivity contribution is 5.98. The Balaban J connectivity index is 2.34. The van der Waals surface area contributed by atoms with Crippen LogP contribution in [-0.4, -0.2) is 5.78 Å². The first kappa shape index (κ1) is 12.2. The number of carbonyl (C=O) groups is 1. The molecule has 3 heteroatoms. The van der Waals surface area contributed by atoms with E-state index in [0.29, 0.717) is 11.5 Å². The van der Waals surface area contributed by atoms with Crippen molar-refractivity contribution in [2.24, 2.45) is 11.8 Å². The van der Waals surface area contributed by atoms with Crippen LogP contribution in [0.15, 0.2) is 12.1 Å². The molecule has 0 bridgehead atoms. The molecule has 92 valence electrons. The molecule has 2 atom stereocenters. The topological polar surface area (TPSA) is 17.1 Å². The quantitative estimate of drug-likeness (QED) is 0.714. The van der Waals surface area contributed by atoms with E-state index in [1.165, 1.54) is 6.07 Å². The lowest BCUT2D eigenvalue weighted by molar-refractivity contribution is 0.0892. The van der Waals surface area contributed by atoms with Crippen molar-refractivity contribution in [3.8, 4) is 0 Å². The Kier molecular flexibility index (Phi) is 3.27. The number of aryl methyl sites for hydroxylation is 1. The summed E-state index contributed by atoms with van der Waals surface area (Å²) in [6, 6.07) is 2.14. The van der Waals surface area contributed by atoms with Crippen LogP contribution in [0.5, 0.6) is 0 Å². The van der Waals surface area contributed by atoms with Crippen molar-refractivity contribution in [2.75, 3.05) is 0 Å². The summed E-state index contributed by atoms with van der Waals surface area (Å²) in [6.45, 7) is 3.56. The van der Waals surface area contributed by atoms with Gasteiger partial charge in [0, 0.05) is 12.0 Å². The van der Waals surface area contributed by atoms with Crippen LogP contribution in [0.1, 0.15) is 42.1 Å². The van der Waals surface area contributed by atoms with Gasteiger partial charge >= 0.3 is 0 Å². The zero-order chi connectivity index (χ0) is 12.6. The van der Waals surface area contributed by atoms with Gasteiger partial charge in [-0.1, -0.05) is 13.3 Å². The molecule has 2 unspecified atom stereocenters. The Hall–Kier alpha value is -1.25. The highest BCUT2D eigenvalue weighted by Gasteiger charge is 2.31. The van der Waals surface area contributed by atoms with Crippen LogP contribution >= 0.6 is 0 Å². The molecular formula is C14H16F2O. The molecule has 1 aliphatic rings. The number of rotatable bonds is 2. The van der Waals surface area contributed by atoms with Gasteiger partial charge in [0.2, 0.25) is 0 Å². The normalized spacial score (nSPS) is 24.0. The van der Waals surface area contributed by atoms with Crippen molar-refractivity contribution in [1.82, 2.24) is 0 Å². The third-order valence-corrected chi connectivity index (χ3v) is 3.71. The van der Waals surface area contributed by atoms with Gasteiger partial charge in [0.05, 0.1) is 5.56 Å². The maximum atomic E-state index is 13.6. The Morgan fingerprint density at radius 2 is 1.94 bits per heavy atom. The molecule has 1 aliphatic carbocycles. The number of ketones is 1. The second kappa shape index (κ2) is 4.55. The number of Topliss-reactive ketones (excluding diaryl/α,β-unsaturated/α-hetero) is 1. The molecule has 17 heavy (non-hydrogen) atoms. The average molecular weight is 238 g/mol. The van der Waals surface area contributed by atoms with E-state index < -0.39 is 11.6 Å². The first-order chi connectivity index (χ1) is 8.00. The fraction of sp³-hybridized carbons (Fsp3) is 0.500. The number of benzene rings is 1. The molecule has 0 saturated heterocycles. The van der Waals surface area contributed by atoms with Gasteiger partial charge < -0.3 is 0 Å². The van der Waals surface area contributed by atoms with Crippen molar-refractivity contribution in [3.05, 3.63) is 34.9 Å². The van der Waals surface area contributed by atoms with Crippen LogP contribution in [-0.2, 0) is 0 Å². The molecular weight excluding hydrogens is 222 g/mol. The van der Waals surface area contributed by atoms with Gasteiger partial charge in [0.15, 0.2) is 5.78 Å². The smallest absolute Gasteiger partial charge is 0.169 e. The molecule has 1 aromatic rings. The lowest BCUT2D eigenvalue weighted by atomic mass is 9.89. The van der Waals surface area contributed by atoms with Crippen LogP contribution in [0.25, 0.3) is 0 Å². The average Bonchev–Trinajstić information content (AvgIpc) is 2.69. The third-order valence-electron chi connectivity index (χ3n) is 3.71. The van der Waals surface area contributed by atoms with Crippen molar-refractivity contribution in [2.45, 2.75) is 33.1 Å². The molecule has 0 aromatic heterocycles. The maximum absolute atomic E-state index is 13.6. The van der Waals surface area contributed by atoms with E-state index in [1.54, 1.807) is 6.92 Å². The Bertz CT molecular complexity index is 454. The first-order valence-corrected chi connectivity index (χ1v) is 6.00. The second-order valence-corrected chi connectivity index (χ2v) is 4.96.